The number of pyridine rings is 1. The van der Waals surface area contributed by atoms with Gasteiger partial charge >= 0.3 is 6.09 Å². The van der Waals surface area contributed by atoms with E-state index in [9.17, 15) is 4.79 Å². The van der Waals surface area contributed by atoms with Crippen LogP contribution in [0.1, 0.15) is 34.1 Å². The smallest absolute Gasteiger partial charge is 0.407 e. The van der Waals surface area contributed by atoms with Gasteiger partial charge in [-0.25, -0.2) is 4.79 Å². The zero-order chi connectivity index (χ0) is 15.9. The normalized spacial score (nSPS) is 11.0. The van der Waals surface area contributed by atoms with Crippen molar-refractivity contribution >= 4 is 17.5 Å². The van der Waals surface area contributed by atoms with Crippen molar-refractivity contribution in [2.45, 2.75) is 39.7 Å². The van der Waals surface area contributed by atoms with Crippen LogP contribution in [0.25, 0.3) is 0 Å². The molecule has 0 spiro atoms. The number of rotatable bonds is 6. The lowest BCUT2D eigenvalue weighted by Gasteiger charge is -2.24. The van der Waals surface area contributed by atoms with E-state index in [-0.39, 0.29) is 6.09 Å². The molecule has 0 fully saturated rings. The molecule has 1 rings (SSSR count). The average molecular weight is 294 g/mol. The van der Waals surface area contributed by atoms with E-state index in [2.05, 4.69) is 22.1 Å². The molecule has 0 aliphatic carbocycles. The highest BCUT2D eigenvalue weighted by atomic mass is 16.6. The van der Waals surface area contributed by atoms with Gasteiger partial charge in [0.1, 0.15) is 5.60 Å². The van der Waals surface area contributed by atoms with Gasteiger partial charge in [0.15, 0.2) is 0 Å². The maximum absolute atomic E-state index is 11.5. The number of nitrogens with two attached hydrogens (primary N) is 1. The summed E-state index contributed by atoms with van der Waals surface area (Å²) in [6.07, 6.45) is 3.81. The molecule has 0 bridgehead atoms. The summed E-state index contributed by atoms with van der Waals surface area (Å²) in [5.74, 6) is 0. The largest absolute Gasteiger partial charge is 0.444 e. The van der Waals surface area contributed by atoms with E-state index in [1.54, 1.807) is 12.4 Å². The molecule has 0 radical (unpaired) electrons. The van der Waals surface area contributed by atoms with Crippen LogP contribution in [-0.2, 0) is 4.74 Å². The number of anilines is 2. The lowest BCUT2D eigenvalue weighted by molar-refractivity contribution is 0.0527. The highest BCUT2D eigenvalue weighted by Gasteiger charge is 2.15. The van der Waals surface area contributed by atoms with Crippen LogP contribution in [0.5, 0.6) is 0 Å². The fourth-order valence-electron chi connectivity index (χ4n) is 1.91. The van der Waals surface area contributed by atoms with Crippen molar-refractivity contribution in [1.29, 1.82) is 0 Å². The molecule has 1 amide bonds. The van der Waals surface area contributed by atoms with Gasteiger partial charge < -0.3 is 20.7 Å². The van der Waals surface area contributed by atoms with E-state index in [1.165, 1.54) is 0 Å². The van der Waals surface area contributed by atoms with Crippen molar-refractivity contribution in [2.24, 2.45) is 0 Å². The van der Waals surface area contributed by atoms with Crippen molar-refractivity contribution < 1.29 is 9.53 Å². The van der Waals surface area contributed by atoms with Crippen molar-refractivity contribution in [3.8, 4) is 0 Å². The summed E-state index contributed by atoms with van der Waals surface area (Å²) < 4.78 is 5.18. The molecular weight excluding hydrogens is 268 g/mol. The molecule has 0 saturated carbocycles. The second-order valence-corrected chi connectivity index (χ2v) is 5.80. The predicted molar refractivity (Wildman–Crippen MR) is 85.4 cm³/mol. The molecule has 1 aromatic heterocycles. The maximum atomic E-state index is 11.5. The van der Waals surface area contributed by atoms with Crippen LogP contribution in [0.15, 0.2) is 18.5 Å². The average Bonchev–Trinajstić information content (AvgIpc) is 2.38. The first-order valence-electron chi connectivity index (χ1n) is 7.24. The molecule has 0 aliphatic rings. The monoisotopic (exact) mass is 294 g/mol. The number of amides is 1. The van der Waals surface area contributed by atoms with Crippen molar-refractivity contribution in [3.05, 3.63) is 18.5 Å². The molecule has 0 aliphatic heterocycles. The first-order chi connectivity index (χ1) is 9.83. The fourth-order valence-corrected chi connectivity index (χ4v) is 1.91. The quantitative estimate of drug-likeness (QED) is 0.787. The zero-order valence-corrected chi connectivity index (χ0v) is 13.3. The van der Waals surface area contributed by atoms with E-state index in [4.69, 9.17) is 10.5 Å². The van der Waals surface area contributed by atoms with Gasteiger partial charge in [0.05, 0.1) is 17.6 Å². The van der Waals surface area contributed by atoms with Gasteiger partial charge in [0.25, 0.3) is 0 Å². The lowest BCUT2D eigenvalue weighted by Crippen LogP contribution is -2.34. The highest BCUT2D eigenvalue weighted by Crippen LogP contribution is 2.20. The SMILES string of the molecule is CCN(CCCNC(=O)OC(C)(C)C)c1ccncc1N. The van der Waals surface area contributed by atoms with Gasteiger partial charge in [-0.3, -0.25) is 4.98 Å². The van der Waals surface area contributed by atoms with E-state index in [0.29, 0.717) is 12.2 Å². The van der Waals surface area contributed by atoms with Gasteiger partial charge in [0.2, 0.25) is 0 Å². The van der Waals surface area contributed by atoms with Crippen LogP contribution in [-0.4, -0.2) is 36.3 Å². The first-order valence-corrected chi connectivity index (χ1v) is 7.24. The minimum absolute atomic E-state index is 0.381. The highest BCUT2D eigenvalue weighted by molar-refractivity contribution is 5.67. The third-order valence-corrected chi connectivity index (χ3v) is 2.82. The van der Waals surface area contributed by atoms with Crippen LogP contribution in [0.2, 0.25) is 0 Å². The number of nitrogens with one attached hydrogen (secondary N) is 1. The van der Waals surface area contributed by atoms with Gasteiger partial charge in [0, 0.05) is 25.8 Å². The standard InChI is InChI=1S/C15H26N4O2/c1-5-19(13-7-9-17-11-12(13)16)10-6-8-18-14(20)21-15(2,3)4/h7,9,11H,5-6,8,10,16H2,1-4H3,(H,18,20). The van der Waals surface area contributed by atoms with Gasteiger partial charge in [-0.05, 0) is 40.2 Å². The molecule has 1 aromatic rings. The van der Waals surface area contributed by atoms with Gasteiger partial charge in [-0.2, -0.15) is 0 Å². The number of carbonyl (C=O) groups excluding carboxylic acids is 1. The Labute approximate surface area is 126 Å². The molecule has 6 heteroatoms. The minimum atomic E-state index is -0.467. The van der Waals surface area contributed by atoms with E-state index in [0.717, 1.165) is 25.2 Å². The molecule has 0 atom stereocenters. The number of nitrogens with zero attached hydrogens (tertiary/aromatic N) is 2. The molecule has 6 nitrogen and oxygen atoms in total. The molecule has 21 heavy (non-hydrogen) atoms. The second-order valence-electron chi connectivity index (χ2n) is 5.80. The second kappa shape index (κ2) is 7.71. The topological polar surface area (TPSA) is 80.5 Å². The number of alkyl carbamates (subject to hydrolysis) is 1. The van der Waals surface area contributed by atoms with E-state index < -0.39 is 5.60 Å². The van der Waals surface area contributed by atoms with Crippen LogP contribution in [0.4, 0.5) is 16.2 Å². The summed E-state index contributed by atoms with van der Waals surface area (Å²) in [4.78, 5) is 17.7. The number of hydrogen-bond acceptors (Lipinski definition) is 5. The van der Waals surface area contributed by atoms with Crippen molar-refractivity contribution in [2.75, 3.05) is 30.3 Å². The van der Waals surface area contributed by atoms with Gasteiger partial charge in [-0.1, -0.05) is 0 Å². The summed E-state index contributed by atoms with van der Waals surface area (Å²) >= 11 is 0. The first kappa shape index (κ1) is 17.1. The summed E-state index contributed by atoms with van der Waals surface area (Å²) in [6, 6.07) is 1.90. The summed E-state index contributed by atoms with van der Waals surface area (Å²) in [7, 11) is 0. The molecule has 0 saturated heterocycles. The summed E-state index contributed by atoms with van der Waals surface area (Å²) in [5, 5.41) is 2.75. The Bertz CT molecular complexity index is 457. The Morgan fingerprint density at radius 2 is 2.19 bits per heavy atom. The minimum Gasteiger partial charge on any atom is -0.444 e. The van der Waals surface area contributed by atoms with Crippen molar-refractivity contribution in [1.82, 2.24) is 10.3 Å². The third-order valence-electron chi connectivity index (χ3n) is 2.82. The molecular formula is C15H26N4O2. The Hall–Kier alpha value is -1.98. The number of nitrogen functional groups attached to an aromatic ring is 1. The zero-order valence-electron chi connectivity index (χ0n) is 13.3. The molecule has 0 unspecified atom stereocenters. The predicted octanol–water partition coefficient (Wildman–Crippen LogP) is 2.40. The fraction of sp³-hybridized carbons (Fsp3) is 0.600. The van der Waals surface area contributed by atoms with Crippen LogP contribution in [0, 0.1) is 0 Å². The van der Waals surface area contributed by atoms with Crippen molar-refractivity contribution in [3.63, 3.8) is 0 Å². The van der Waals surface area contributed by atoms with Crippen LogP contribution < -0.4 is 16.0 Å². The third kappa shape index (κ3) is 6.33. The summed E-state index contributed by atoms with van der Waals surface area (Å²) in [6.45, 7) is 9.82. The lowest BCUT2D eigenvalue weighted by atomic mass is 10.2. The van der Waals surface area contributed by atoms with Crippen LogP contribution in [0.3, 0.4) is 0 Å². The van der Waals surface area contributed by atoms with E-state index >= 15 is 0 Å². The number of hydrogen-bond donors (Lipinski definition) is 2. The Morgan fingerprint density at radius 1 is 1.48 bits per heavy atom. The summed E-state index contributed by atoms with van der Waals surface area (Å²) in [5.41, 5.74) is 7.10. The van der Waals surface area contributed by atoms with E-state index in [1.807, 2.05) is 26.8 Å². The Morgan fingerprint density at radius 3 is 2.76 bits per heavy atom. The van der Waals surface area contributed by atoms with Gasteiger partial charge in [-0.15, -0.1) is 0 Å². The Kier molecular flexibility index (Phi) is 6.27. The Balaban J connectivity index is 2.37. The number of carbonyl (C=O) groups is 1. The van der Waals surface area contributed by atoms with Crippen LogP contribution >= 0.6 is 0 Å². The number of aromatic nitrogens is 1. The molecule has 118 valence electrons. The molecule has 0 aromatic carbocycles. The maximum Gasteiger partial charge on any atom is 0.407 e. The number of ether oxygens (including phenoxy) is 1. The molecule has 3 N–H and O–H groups in total. The molecule has 1 heterocycles.